The number of aliphatic imine (C=N–C) groups is 1. The van der Waals surface area contributed by atoms with Crippen molar-refractivity contribution >= 4 is 46.1 Å². The van der Waals surface area contributed by atoms with Crippen molar-refractivity contribution in [2.45, 2.75) is 18.2 Å². The molecule has 9 nitrogen and oxygen atoms in total. The lowest BCUT2D eigenvalue weighted by Gasteiger charge is -2.17. The van der Waals surface area contributed by atoms with E-state index in [0.29, 0.717) is 17.2 Å². The first-order valence-electron chi connectivity index (χ1n) is 11.2. The number of fused-ring (bicyclic) bond motifs is 1. The summed E-state index contributed by atoms with van der Waals surface area (Å²) in [4.78, 5) is 42.9. The highest BCUT2D eigenvalue weighted by Crippen LogP contribution is 2.36. The Balaban J connectivity index is 1.35. The van der Waals surface area contributed by atoms with E-state index in [9.17, 15) is 18.8 Å². The van der Waals surface area contributed by atoms with Gasteiger partial charge >= 0.3 is 5.97 Å². The lowest BCUT2D eigenvalue weighted by molar-refractivity contribution is -0.128. The number of carboxylic acid groups (broad SMARTS) is 1. The summed E-state index contributed by atoms with van der Waals surface area (Å²) in [5.74, 6) is -1.20. The van der Waals surface area contributed by atoms with Crippen LogP contribution in [0.5, 0.6) is 11.5 Å². The number of rotatable bonds is 7. The van der Waals surface area contributed by atoms with Crippen molar-refractivity contribution in [2.24, 2.45) is 4.99 Å². The van der Waals surface area contributed by atoms with Crippen molar-refractivity contribution in [3.8, 4) is 11.5 Å². The summed E-state index contributed by atoms with van der Waals surface area (Å²) in [6.07, 6.45) is -0.155. The molecule has 0 aromatic heterocycles. The molecule has 2 aliphatic heterocycles. The third-order valence-corrected chi connectivity index (χ3v) is 6.83. The maximum atomic E-state index is 14.3. The maximum Gasteiger partial charge on any atom is 0.335 e. The van der Waals surface area contributed by atoms with Crippen LogP contribution in [0.2, 0.25) is 0 Å². The molecule has 37 heavy (non-hydrogen) atoms. The first-order valence-corrected chi connectivity index (χ1v) is 12.1. The van der Waals surface area contributed by atoms with E-state index in [1.165, 1.54) is 41.3 Å². The summed E-state index contributed by atoms with van der Waals surface area (Å²) in [5.41, 5.74) is 1.33. The number of nitrogens with one attached hydrogen (secondary N) is 1. The fraction of sp³-hybridized carbons (Fsp3) is 0.154. The van der Waals surface area contributed by atoms with Gasteiger partial charge in [-0.25, -0.2) is 14.2 Å². The minimum Gasteiger partial charge on any atom is -0.478 e. The van der Waals surface area contributed by atoms with Crippen LogP contribution in [0.25, 0.3) is 0 Å². The van der Waals surface area contributed by atoms with Crippen LogP contribution >= 0.6 is 11.8 Å². The molecule has 2 amide bonds. The lowest BCUT2D eigenvalue weighted by atomic mass is 10.1. The Labute approximate surface area is 214 Å². The highest BCUT2D eigenvalue weighted by molar-refractivity contribution is 8.15. The van der Waals surface area contributed by atoms with Crippen LogP contribution in [0.4, 0.5) is 15.8 Å². The van der Waals surface area contributed by atoms with Crippen LogP contribution in [-0.2, 0) is 16.1 Å². The van der Waals surface area contributed by atoms with Gasteiger partial charge in [-0.3, -0.25) is 14.5 Å². The number of nitrogens with zero attached hydrogens (tertiary/aromatic N) is 2. The highest BCUT2D eigenvalue weighted by Gasteiger charge is 2.39. The quantitative estimate of drug-likeness (QED) is 0.473. The van der Waals surface area contributed by atoms with E-state index in [4.69, 9.17) is 14.6 Å². The smallest absolute Gasteiger partial charge is 0.335 e. The Kier molecular flexibility index (Phi) is 6.78. The predicted molar refractivity (Wildman–Crippen MR) is 135 cm³/mol. The van der Waals surface area contributed by atoms with Gasteiger partial charge in [-0.05, 0) is 54.1 Å². The minimum absolute atomic E-state index is 0.0807. The Morgan fingerprint density at radius 2 is 1.84 bits per heavy atom. The van der Waals surface area contributed by atoms with E-state index in [1.54, 1.807) is 30.3 Å². The van der Waals surface area contributed by atoms with Crippen molar-refractivity contribution in [2.75, 3.05) is 12.1 Å². The SMILES string of the molecule is O=C(CC1SC(=Nc2ccccc2F)N(Cc2ccc3c(c2)OCO3)C1=O)Nc1ccc(C(=O)O)cc1. The van der Waals surface area contributed by atoms with Gasteiger partial charge < -0.3 is 19.9 Å². The van der Waals surface area contributed by atoms with E-state index >= 15 is 0 Å². The molecule has 0 bridgehead atoms. The predicted octanol–water partition coefficient (Wildman–Crippen LogP) is 4.41. The number of carbonyl (C=O) groups is 3. The minimum atomic E-state index is -1.07. The molecule has 1 fully saturated rings. The van der Waals surface area contributed by atoms with Gasteiger partial charge in [0, 0.05) is 12.1 Å². The lowest BCUT2D eigenvalue weighted by Crippen LogP contribution is -2.33. The van der Waals surface area contributed by atoms with E-state index in [-0.39, 0.29) is 42.1 Å². The van der Waals surface area contributed by atoms with E-state index in [0.717, 1.165) is 17.3 Å². The fourth-order valence-corrected chi connectivity index (χ4v) is 4.96. The summed E-state index contributed by atoms with van der Waals surface area (Å²) in [5, 5.41) is 11.2. The number of benzene rings is 3. The molecule has 1 atom stereocenters. The monoisotopic (exact) mass is 521 g/mol. The second-order valence-corrected chi connectivity index (χ2v) is 9.37. The van der Waals surface area contributed by atoms with Crippen molar-refractivity contribution in [3.05, 3.63) is 83.7 Å². The third-order valence-electron chi connectivity index (χ3n) is 5.65. The Bertz CT molecular complexity index is 1410. The summed E-state index contributed by atoms with van der Waals surface area (Å²) >= 11 is 1.09. The number of carbonyl (C=O) groups excluding carboxylic acids is 2. The molecule has 0 radical (unpaired) electrons. The number of aromatic carboxylic acids is 1. The second-order valence-electron chi connectivity index (χ2n) is 8.20. The maximum absolute atomic E-state index is 14.3. The van der Waals surface area contributed by atoms with Crippen LogP contribution in [0.15, 0.2) is 71.7 Å². The molecule has 0 spiro atoms. The zero-order chi connectivity index (χ0) is 25.9. The number of anilines is 1. The van der Waals surface area contributed by atoms with E-state index in [2.05, 4.69) is 10.3 Å². The molecule has 3 aromatic carbocycles. The Morgan fingerprint density at radius 1 is 1.08 bits per heavy atom. The molecule has 2 heterocycles. The molecular formula is C26H20FN3O6S. The number of ether oxygens (including phenoxy) is 2. The number of hydrogen-bond acceptors (Lipinski definition) is 7. The number of amidine groups is 1. The largest absolute Gasteiger partial charge is 0.478 e. The summed E-state index contributed by atoms with van der Waals surface area (Å²) in [6, 6.07) is 17.0. The van der Waals surface area contributed by atoms with Crippen molar-refractivity contribution < 1.29 is 33.4 Å². The number of amides is 2. The summed E-state index contributed by atoms with van der Waals surface area (Å²) < 4.78 is 25.1. The molecule has 1 unspecified atom stereocenters. The molecule has 2 aliphatic rings. The zero-order valence-corrected chi connectivity index (χ0v) is 20.0. The summed E-state index contributed by atoms with van der Waals surface area (Å²) in [7, 11) is 0. The van der Waals surface area contributed by atoms with Crippen LogP contribution in [-0.4, -0.2) is 45.0 Å². The van der Waals surface area contributed by atoms with Gasteiger partial charge in [-0.1, -0.05) is 30.0 Å². The molecule has 0 saturated carbocycles. The standard InChI is InChI=1S/C26H20FN3O6S/c27-18-3-1-2-4-19(18)29-26-30(13-15-5-10-20-21(11-15)36-14-35-20)24(32)22(37-26)12-23(31)28-17-8-6-16(7-9-17)25(33)34/h1-11,22H,12-14H2,(H,28,31)(H,33,34). The van der Waals surface area contributed by atoms with Crippen LogP contribution < -0.4 is 14.8 Å². The third kappa shape index (κ3) is 5.41. The molecular weight excluding hydrogens is 501 g/mol. The molecule has 11 heteroatoms. The van der Waals surface area contributed by atoms with Gasteiger partial charge in [0.05, 0.1) is 12.1 Å². The molecule has 188 valence electrons. The first-order chi connectivity index (χ1) is 17.9. The van der Waals surface area contributed by atoms with Gasteiger partial charge in [0.25, 0.3) is 0 Å². The molecule has 3 aromatic rings. The van der Waals surface area contributed by atoms with Gasteiger partial charge in [0.2, 0.25) is 18.6 Å². The molecule has 2 N–H and O–H groups in total. The first kappa shape index (κ1) is 24.3. The topological polar surface area (TPSA) is 118 Å². The van der Waals surface area contributed by atoms with Crippen LogP contribution in [0, 0.1) is 5.82 Å². The Morgan fingerprint density at radius 3 is 2.59 bits per heavy atom. The second kappa shape index (κ2) is 10.3. The normalized spacial score (nSPS) is 17.3. The van der Waals surface area contributed by atoms with E-state index < -0.39 is 22.9 Å². The Hall–Kier alpha value is -4.38. The molecule has 0 aliphatic carbocycles. The van der Waals surface area contributed by atoms with Crippen molar-refractivity contribution in [1.82, 2.24) is 4.90 Å². The average molecular weight is 522 g/mol. The number of carboxylic acids is 1. The van der Waals surface area contributed by atoms with Gasteiger partial charge in [0.1, 0.15) is 16.8 Å². The van der Waals surface area contributed by atoms with Gasteiger partial charge in [-0.2, -0.15) is 0 Å². The average Bonchev–Trinajstić information content (AvgIpc) is 3.46. The number of para-hydroxylation sites is 1. The van der Waals surface area contributed by atoms with Gasteiger partial charge in [-0.15, -0.1) is 0 Å². The highest BCUT2D eigenvalue weighted by atomic mass is 32.2. The number of halogens is 1. The zero-order valence-electron chi connectivity index (χ0n) is 19.2. The van der Waals surface area contributed by atoms with Gasteiger partial charge in [0.15, 0.2) is 16.7 Å². The molecule has 1 saturated heterocycles. The van der Waals surface area contributed by atoms with Crippen LogP contribution in [0.3, 0.4) is 0 Å². The van der Waals surface area contributed by atoms with E-state index in [1.807, 2.05) is 0 Å². The molecule has 5 rings (SSSR count). The van der Waals surface area contributed by atoms with Crippen LogP contribution in [0.1, 0.15) is 22.3 Å². The number of thioether (sulfide) groups is 1. The van der Waals surface area contributed by atoms with Crippen molar-refractivity contribution in [3.63, 3.8) is 0 Å². The fourth-order valence-electron chi connectivity index (χ4n) is 3.81. The summed E-state index contributed by atoms with van der Waals surface area (Å²) in [6.45, 7) is 0.262. The number of hydrogen-bond donors (Lipinski definition) is 2. The van der Waals surface area contributed by atoms with Crippen molar-refractivity contribution in [1.29, 1.82) is 0 Å².